The van der Waals surface area contributed by atoms with E-state index in [2.05, 4.69) is 6.92 Å². The highest BCUT2D eigenvalue weighted by molar-refractivity contribution is 7.99. The Kier molecular flexibility index (Phi) is 3.57. The van der Waals surface area contributed by atoms with Crippen LogP contribution in [0.15, 0.2) is 0 Å². The smallest absolute Gasteiger partial charge is 0.0166 e. The molecule has 2 unspecified atom stereocenters. The number of thioether (sulfide) groups is 1. The number of rotatable bonds is 3. The first-order valence-corrected chi connectivity index (χ1v) is 5.33. The summed E-state index contributed by atoms with van der Waals surface area (Å²) in [6.45, 7) is 2.24. The second kappa shape index (κ2) is 4.24. The van der Waals surface area contributed by atoms with Crippen molar-refractivity contribution in [3.8, 4) is 0 Å². The molecule has 0 bridgehead atoms. The van der Waals surface area contributed by atoms with Gasteiger partial charge in [-0.1, -0.05) is 19.8 Å². The van der Waals surface area contributed by atoms with Crippen molar-refractivity contribution in [1.82, 2.24) is 0 Å². The van der Waals surface area contributed by atoms with Crippen molar-refractivity contribution < 1.29 is 0 Å². The van der Waals surface area contributed by atoms with E-state index in [0.717, 1.165) is 5.92 Å². The number of nitrogens with two attached hydrogens (primary N) is 1. The summed E-state index contributed by atoms with van der Waals surface area (Å²) in [7, 11) is 0. The van der Waals surface area contributed by atoms with E-state index in [4.69, 9.17) is 5.73 Å². The van der Waals surface area contributed by atoms with Gasteiger partial charge in [0.05, 0.1) is 0 Å². The minimum atomic E-state index is 0.497. The Morgan fingerprint density at radius 3 is 2.80 bits per heavy atom. The molecule has 0 aromatic heterocycles. The Labute approximate surface area is 67.8 Å². The van der Waals surface area contributed by atoms with Gasteiger partial charge in [0, 0.05) is 11.8 Å². The van der Waals surface area contributed by atoms with Crippen molar-refractivity contribution in [2.45, 2.75) is 32.2 Å². The van der Waals surface area contributed by atoms with Crippen molar-refractivity contribution in [3.05, 3.63) is 0 Å². The molecule has 0 aliphatic carbocycles. The van der Waals surface area contributed by atoms with E-state index in [9.17, 15) is 0 Å². The zero-order valence-corrected chi connectivity index (χ0v) is 7.49. The minimum Gasteiger partial charge on any atom is -0.327 e. The molecular weight excluding hydrogens is 142 g/mol. The van der Waals surface area contributed by atoms with E-state index in [1.54, 1.807) is 0 Å². The molecule has 1 aliphatic heterocycles. The molecule has 0 saturated carbocycles. The molecule has 1 saturated heterocycles. The molecule has 0 aromatic carbocycles. The average Bonchev–Trinajstić information content (AvgIpc) is 2.31. The number of hydrogen-bond donors (Lipinski definition) is 1. The summed E-state index contributed by atoms with van der Waals surface area (Å²) in [6, 6.07) is 0.497. The quantitative estimate of drug-likeness (QED) is 0.680. The highest BCUT2D eigenvalue weighted by Gasteiger charge is 2.23. The molecule has 60 valence electrons. The molecular formula is C8H17NS. The summed E-state index contributed by atoms with van der Waals surface area (Å²) in [5.41, 5.74) is 5.90. The number of hydrogen-bond acceptors (Lipinski definition) is 2. The van der Waals surface area contributed by atoms with Crippen molar-refractivity contribution in [1.29, 1.82) is 0 Å². The first-order chi connectivity index (χ1) is 4.84. The third-order valence-electron chi connectivity index (χ3n) is 2.18. The molecule has 0 radical (unpaired) electrons. The van der Waals surface area contributed by atoms with Gasteiger partial charge >= 0.3 is 0 Å². The molecule has 0 aromatic rings. The average molecular weight is 159 g/mol. The first kappa shape index (κ1) is 8.41. The lowest BCUT2D eigenvalue weighted by atomic mass is 9.98. The van der Waals surface area contributed by atoms with Gasteiger partial charge in [0.1, 0.15) is 0 Å². The molecule has 0 amide bonds. The van der Waals surface area contributed by atoms with Gasteiger partial charge in [-0.05, 0) is 18.1 Å². The van der Waals surface area contributed by atoms with Gasteiger partial charge in [-0.3, -0.25) is 0 Å². The summed E-state index contributed by atoms with van der Waals surface area (Å²) in [5.74, 6) is 3.32. The molecule has 0 spiro atoms. The summed E-state index contributed by atoms with van der Waals surface area (Å²) >= 11 is 2.02. The molecule has 1 rings (SSSR count). The van der Waals surface area contributed by atoms with Gasteiger partial charge in [0.25, 0.3) is 0 Å². The molecule has 1 fully saturated rings. The Morgan fingerprint density at radius 2 is 2.30 bits per heavy atom. The van der Waals surface area contributed by atoms with Crippen LogP contribution in [0.25, 0.3) is 0 Å². The summed E-state index contributed by atoms with van der Waals surface area (Å²) in [5, 5.41) is 0. The van der Waals surface area contributed by atoms with Gasteiger partial charge in [-0.15, -0.1) is 0 Å². The van der Waals surface area contributed by atoms with Crippen LogP contribution >= 0.6 is 11.8 Å². The lowest BCUT2D eigenvalue weighted by Gasteiger charge is -2.12. The Morgan fingerprint density at radius 1 is 1.50 bits per heavy atom. The van der Waals surface area contributed by atoms with E-state index in [-0.39, 0.29) is 0 Å². The minimum absolute atomic E-state index is 0.497. The van der Waals surface area contributed by atoms with Gasteiger partial charge in [0.15, 0.2) is 0 Å². The third kappa shape index (κ3) is 2.17. The fraction of sp³-hybridized carbons (Fsp3) is 1.00. The molecule has 2 N–H and O–H groups in total. The fourth-order valence-corrected chi connectivity index (χ4v) is 2.78. The van der Waals surface area contributed by atoms with Crippen molar-refractivity contribution >= 4 is 11.8 Å². The van der Waals surface area contributed by atoms with Crippen LogP contribution in [0.3, 0.4) is 0 Å². The maximum atomic E-state index is 5.90. The molecule has 2 heteroatoms. The van der Waals surface area contributed by atoms with Gasteiger partial charge in [0.2, 0.25) is 0 Å². The predicted molar refractivity (Wildman–Crippen MR) is 48.3 cm³/mol. The summed E-state index contributed by atoms with van der Waals surface area (Å²) in [4.78, 5) is 0. The van der Waals surface area contributed by atoms with Crippen LogP contribution in [0.1, 0.15) is 26.2 Å². The molecule has 10 heavy (non-hydrogen) atoms. The van der Waals surface area contributed by atoms with Crippen LogP contribution < -0.4 is 5.73 Å². The largest absolute Gasteiger partial charge is 0.327 e. The molecule has 1 nitrogen and oxygen atoms in total. The third-order valence-corrected chi connectivity index (χ3v) is 3.46. The van der Waals surface area contributed by atoms with E-state index in [1.165, 1.54) is 30.8 Å². The Bertz CT molecular complexity index is 95.3. The Balaban J connectivity index is 2.14. The zero-order chi connectivity index (χ0) is 7.40. The van der Waals surface area contributed by atoms with Crippen LogP contribution in [0.4, 0.5) is 0 Å². The Hall–Kier alpha value is 0.310. The van der Waals surface area contributed by atoms with Crippen LogP contribution in [0, 0.1) is 5.92 Å². The predicted octanol–water partition coefficient (Wildman–Crippen LogP) is 1.87. The zero-order valence-electron chi connectivity index (χ0n) is 6.68. The lowest BCUT2D eigenvalue weighted by Crippen LogP contribution is -2.28. The fourth-order valence-electron chi connectivity index (χ4n) is 1.38. The van der Waals surface area contributed by atoms with E-state index in [1.807, 2.05) is 11.8 Å². The molecule has 1 heterocycles. The van der Waals surface area contributed by atoms with Crippen LogP contribution in [0.5, 0.6) is 0 Å². The summed E-state index contributed by atoms with van der Waals surface area (Å²) < 4.78 is 0. The standard InChI is InChI=1S/C8H17NS/c1-2-3-4-7-5-10-6-8(7)9/h7-8H,2-6,9H2,1H3. The number of unbranched alkanes of at least 4 members (excludes halogenated alkanes) is 1. The van der Waals surface area contributed by atoms with Crippen molar-refractivity contribution in [2.75, 3.05) is 11.5 Å². The summed E-state index contributed by atoms with van der Waals surface area (Å²) in [6.07, 6.45) is 4.03. The lowest BCUT2D eigenvalue weighted by molar-refractivity contribution is 0.462. The topological polar surface area (TPSA) is 26.0 Å². The normalized spacial score (nSPS) is 33.0. The maximum absolute atomic E-state index is 5.90. The van der Waals surface area contributed by atoms with Crippen molar-refractivity contribution in [3.63, 3.8) is 0 Å². The van der Waals surface area contributed by atoms with Crippen LogP contribution in [-0.2, 0) is 0 Å². The second-order valence-electron chi connectivity index (χ2n) is 3.10. The second-order valence-corrected chi connectivity index (χ2v) is 4.18. The molecule has 2 atom stereocenters. The SMILES string of the molecule is CCCCC1CSCC1N. The van der Waals surface area contributed by atoms with E-state index in [0.29, 0.717) is 6.04 Å². The first-order valence-electron chi connectivity index (χ1n) is 4.18. The highest BCUT2D eigenvalue weighted by atomic mass is 32.2. The monoisotopic (exact) mass is 159 g/mol. The highest BCUT2D eigenvalue weighted by Crippen LogP contribution is 2.26. The van der Waals surface area contributed by atoms with Gasteiger partial charge in [-0.2, -0.15) is 11.8 Å². The van der Waals surface area contributed by atoms with E-state index < -0.39 is 0 Å². The van der Waals surface area contributed by atoms with Crippen LogP contribution in [0.2, 0.25) is 0 Å². The van der Waals surface area contributed by atoms with Gasteiger partial charge < -0.3 is 5.73 Å². The van der Waals surface area contributed by atoms with Crippen molar-refractivity contribution in [2.24, 2.45) is 11.7 Å². The van der Waals surface area contributed by atoms with Gasteiger partial charge in [-0.25, -0.2) is 0 Å². The molecule has 1 aliphatic rings. The van der Waals surface area contributed by atoms with Crippen LogP contribution in [-0.4, -0.2) is 17.5 Å². The maximum Gasteiger partial charge on any atom is 0.0166 e. The van der Waals surface area contributed by atoms with E-state index >= 15 is 0 Å².